The Morgan fingerprint density at radius 3 is 2.70 bits per heavy atom. The lowest BCUT2D eigenvalue weighted by Gasteiger charge is -2.39. The van der Waals surface area contributed by atoms with Crippen LogP contribution in [0, 0.1) is 0 Å². The van der Waals surface area contributed by atoms with Crippen LogP contribution in [-0.2, 0) is 11.2 Å². The van der Waals surface area contributed by atoms with Crippen LogP contribution < -0.4 is 16.0 Å². The van der Waals surface area contributed by atoms with Gasteiger partial charge >= 0.3 is 0 Å². The molecule has 8 heteroatoms. The van der Waals surface area contributed by atoms with Gasteiger partial charge in [0.15, 0.2) is 0 Å². The maximum Gasteiger partial charge on any atom is 0.240 e. The number of nitrogens with one attached hydrogen (secondary N) is 1. The molecule has 1 aliphatic heterocycles. The van der Waals surface area contributed by atoms with Gasteiger partial charge in [0.25, 0.3) is 0 Å². The number of amides is 1. The third-order valence-electron chi connectivity index (χ3n) is 5.94. The summed E-state index contributed by atoms with van der Waals surface area (Å²) < 4.78 is 0. The number of benzene rings is 1. The van der Waals surface area contributed by atoms with Gasteiger partial charge in [-0.3, -0.25) is 4.79 Å². The molecule has 0 radical (unpaired) electrons. The molecule has 158 valence electrons. The number of anilines is 1. The van der Waals surface area contributed by atoms with Gasteiger partial charge in [-0.2, -0.15) is 0 Å². The molecule has 1 aromatic carbocycles. The molecular formula is C22H26ClN5O2. The molecule has 1 aliphatic carbocycles. The van der Waals surface area contributed by atoms with E-state index in [1.165, 1.54) is 0 Å². The highest BCUT2D eigenvalue weighted by Crippen LogP contribution is 2.31. The van der Waals surface area contributed by atoms with Crippen molar-refractivity contribution in [1.29, 1.82) is 0 Å². The highest BCUT2D eigenvalue weighted by Gasteiger charge is 2.39. The van der Waals surface area contributed by atoms with Crippen LogP contribution in [0.3, 0.4) is 0 Å². The van der Waals surface area contributed by atoms with Crippen molar-refractivity contribution in [2.24, 2.45) is 5.73 Å². The number of halogens is 1. The third kappa shape index (κ3) is 4.19. The van der Waals surface area contributed by atoms with Gasteiger partial charge < -0.3 is 21.1 Å². The molecule has 2 aromatic rings. The maximum absolute atomic E-state index is 13.1. The number of aromatic nitrogens is 2. The molecule has 1 aromatic heterocycles. The van der Waals surface area contributed by atoms with Crippen molar-refractivity contribution in [3.8, 4) is 0 Å². The Kier molecular flexibility index (Phi) is 6.04. The second-order valence-corrected chi connectivity index (χ2v) is 8.33. The van der Waals surface area contributed by atoms with E-state index >= 15 is 0 Å². The van der Waals surface area contributed by atoms with Gasteiger partial charge in [-0.25, -0.2) is 9.97 Å². The van der Waals surface area contributed by atoms with Crippen molar-refractivity contribution in [1.82, 2.24) is 15.3 Å². The number of rotatable bonds is 6. The number of hydrogen-bond acceptors (Lipinski definition) is 6. The number of nitrogens with two attached hydrogens (primary N) is 1. The Balaban J connectivity index is 1.43. The van der Waals surface area contributed by atoms with Crippen molar-refractivity contribution >= 4 is 29.4 Å². The van der Waals surface area contributed by atoms with Gasteiger partial charge in [-0.15, -0.1) is 0 Å². The van der Waals surface area contributed by atoms with Gasteiger partial charge in [-0.05, 0) is 37.0 Å². The minimum Gasteiger partial charge on any atom is -0.396 e. The average Bonchev–Trinajstić information content (AvgIpc) is 3.24. The lowest BCUT2D eigenvalue weighted by molar-refractivity contribution is -0.128. The number of hydrogen-bond donors (Lipinski definition) is 3. The molecule has 0 bridgehead atoms. The molecule has 2 heterocycles. The summed E-state index contributed by atoms with van der Waals surface area (Å²) in [7, 11) is 0. The van der Waals surface area contributed by atoms with Gasteiger partial charge in [0, 0.05) is 36.7 Å². The number of fused-ring (bicyclic) bond motifs is 1. The Hall–Kier alpha value is -2.48. The smallest absolute Gasteiger partial charge is 0.240 e. The largest absolute Gasteiger partial charge is 0.396 e. The summed E-state index contributed by atoms with van der Waals surface area (Å²) in [5.74, 6) is 0.721. The van der Waals surface area contributed by atoms with E-state index in [2.05, 4.69) is 32.3 Å². The standard InChI is InChI=1S/C22H26ClN5O2/c23-16-6-4-15(5-7-16)18(8-13-29)27-21(30)22(24)9-11-28(12-10-22)20-17-2-1-3-19(17)25-14-26-20/h1-2,4-7,14,18,29H,3,8-13,24H2,(H,27,30)/t18-/m0/s1. The van der Waals surface area contributed by atoms with Crippen LogP contribution in [0.15, 0.2) is 36.7 Å². The number of allylic oxidation sites excluding steroid dienone is 1. The van der Waals surface area contributed by atoms with Crippen LogP contribution >= 0.6 is 11.6 Å². The molecule has 4 N–H and O–H groups in total. The molecule has 0 unspecified atom stereocenters. The zero-order valence-electron chi connectivity index (χ0n) is 16.7. The molecule has 7 nitrogen and oxygen atoms in total. The van der Waals surface area contributed by atoms with Crippen LogP contribution in [0.5, 0.6) is 0 Å². The number of aliphatic hydroxyl groups excluding tert-OH is 1. The van der Waals surface area contributed by atoms with E-state index in [0.29, 0.717) is 37.4 Å². The minimum absolute atomic E-state index is 0.0364. The second-order valence-electron chi connectivity index (χ2n) is 7.90. The van der Waals surface area contributed by atoms with Crippen molar-refractivity contribution < 1.29 is 9.90 Å². The van der Waals surface area contributed by atoms with E-state index in [1.807, 2.05) is 12.1 Å². The van der Waals surface area contributed by atoms with E-state index in [1.54, 1.807) is 18.5 Å². The fourth-order valence-corrected chi connectivity index (χ4v) is 4.21. The Bertz CT molecular complexity index is 939. The molecular weight excluding hydrogens is 402 g/mol. The quantitative estimate of drug-likeness (QED) is 0.653. The van der Waals surface area contributed by atoms with E-state index in [9.17, 15) is 9.90 Å². The maximum atomic E-state index is 13.1. The Morgan fingerprint density at radius 1 is 1.27 bits per heavy atom. The van der Waals surface area contributed by atoms with Gasteiger partial charge in [0.05, 0.1) is 17.3 Å². The van der Waals surface area contributed by atoms with Gasteiger partial charge in [-0.1, -0.05) is 35.9 Å². The zero-order chi connectivity index (χ0) is 21.1. The van der Waals surface area contributed by atoms with Gasteiger partial charge in [0.1, 0.15) is 12.1 Å². The number of piperidine rings is 1. The number of carbonyl (C=O) groups is 1. The average molecular weight is 428 g/mol. The normalized spacial score (nSPS) is 18.2. The molecule has 1 amide bonds. The van der Waals surface area contributed by atoms with Crippen LogP contribution in [-0.4, -0.2) is 46.2 Å². The summed E-state index contributed by atoms with van der Waals surface area (Å²) in [5.41, 5.74) is 8.58. The summed E-state index contributed by atoms with van der Waals surface area (Å²) >= 11 is 5.97. The Morgan fingerprint density at radius 2 is 2.00 bits per heavy atom. The highest BCUT2D eigenvalue weighted by atomic mass is 35.5. The molecule has 1 fully saturated rings. The van der Waals surface area contributed by atoms with E-state index in [0.717, 1.165) is 29.1 Å². The summed E-state index contributed by atoms with van der Waals surface area (Å²) in [6, 6.07) is 6.96. The predicted octanol–water partition coefficient (Wildman–Crippen LogP) is 2.24. The van der Waals surface area contributed by atoms with E-state index < -0.39 is 5.54 Å². The number of carbonyl (C=O) groups excluding carboxylic acids is 1. The lowest BCUT2D eigenvalue weighted by Crippen LogP contribution is -2.60. The van der Waals surface area contributed by atoms with Crippen molar-refractivity contribution in [2.75, 3.05) is 24.6 Å². The van der Waals surface area contributed by atoms with E-state index in [-0.39, 0.29) is 18.6 Å². The minimum atomic E-state index is -0.956. The molecule has 2 aliphatic rings. The summed E-state index contributed by atoms with van der Waals surface area (Å²) in [4.78, 5) is 24.1. The first kappa shape index (κ1) is 20.8. The molecule has 30 heavy (non-hydrogen) atoms. The first-order chi connectivity index (χ1) is 14.5. The molecule has 4 rings (SSSR count). The molecule has 1 atom stereocenters. The fourth-order valence-electron chi connectivity index (χ4n) is 4.09. The SMILES string of the molecule is NC1(C(=O)N[C@@H](CCO)c2ccc(Cl)cc2)CCN(c2ncnc3c2C=CC3)CC1. The van der Waals surface area contributed by atoms with Crippen molar-refractivity contribution in [3.63, 3.8) is 0 Å². The molecule has 0 spiro atoms. The first-order valence-corrected chi connectivity index (χ1v) is 10.6. The van der Waals surface area contributed by atoms with Crippen LogP contribution in [0.25, 0.3) is 6.08 Å². The topological polar surface area (TPSA) is 104 Å². The van der Waals surface area contributed by atoms with Crippen LogP contribution in [0.4, 0.5) is 5.82 Å². The summed E-state index contributed by atoms with van der Waals surface area (Å²) in [6.07, 6.45) is 8.04. The lowest BCUT2D eigenvalue weighted by atomic mass is 9.86. The summed E-state index contributed by atoms with van der Waals surface area (Å²) in [6.45, 7) is 1.25. The first-order valence-electron chi connectivity index (χ1n) is 10.2. The number of aliphatic hydroxyl groups is 1. The monoisotopic (exact) mass is 427 g/mol. The van der Waals surface area contributed by atoms with Gasteiger partial charge in [0.2, 0.25) is 5.91 Å². The van der Waals surface area contributed by atoms with Crippen LogP contribution in [0.1, 0.15) is 42.1 Å². The van der Waals surface area contributed by atoms with E-state index in [4.69, 9.17) is 17.3 Å². The molecule has 0 saturated carbocycles. The fraction of sp³-hybridized carbons (Fsp3) is 0.409. The molecule has 1 saturated heterocycles. The summed E-state index contributed by atoms with van der Waals surface area (Å²) in [5, 5.41) is 13.1. The van der Waals surface area contributed by atoms with Crippen molar-refractivity contribution in [2.45, 2.75) is 37.3 Å². The van der Waals surface area contributed by atoms with Crippen molar-refractivity contribution in [3.05, 3.63) is 58.5 Å². The number of nitrogens with zero attached hydrogens (tertiary/aromatic N) is 3. The highest BCUT2D eigenvalue weighted by molar-refractivity contribution is 6.30. The predicted molar refractivity (Wildman–Crippen MR) is 117 cm³/mol. The van der Waals surface area contributed by atoms with Crippen LogP contribution in [0.2, 0.25) is 5.02 Å². The Labute approximate surface area is 181 Å². The zero-order valence-corrected chi connectivity index (χ0v) is 17.5. The third-order valence-corrected chi connectivity index (χ3v) is 6.20. The second kappa shape index (κ2) is 8.71.